The summed E-state index contributed by atoms with van der Waals surface area (Å²) >= 11 is 0. The topological polar surface area (TPSA) is 80.7 Å². The number of hydrogen-bond donors (Lipinski definition) is 2. The second-order valence-corrected chi connectivity index (χ2v) is 8.83. The summed E-state index contributed by atoms with van der Waals surface area (Å²) in [5.41, 5.74) is -2.64. The average Bonchev–Trinajstić information content (AvgIpc) is 3.03. The van der Waals surface area contributed by atoms with Crippen LogP contribution in [0.3, 0.4) is 0 Å². The summed E-state index contributed by atoms with van der Waals surface area (Å²) in [6.45, 7) is 2.07. The van der Waals surface area contributed by atoms with Gasteiger partial charge in [-0.3, -0.25) is 9.78 Å². The number of amides is 1. The molecule has 2 heterocycles. The third kappa shape index (κ3) is 4.22. The lowest BCUT2D eigenvalue weighted by Gasteiger charge is -2.34. The quantitative estimate of drug-likeness (QED) is 0.615. The van der Waals surface area contributed by atoms with Crippen molar-refractivity contribution < 1.29 is 41.3 Å². The van der Waals surface area contributed by atoms with Crippen molar-refractivity contribution in [2.75, 3.05) is 5.32 Å². The average molecular weight is 486 g/mol. The Hall–Kier alpha value is -2.79. The molecule has 1 aromatic carbocycles. The molecule has 1 saturated heterocycles. The lowest BCUT2D eigenvalue weighted by Crippen LogP contribution is -2.47. The van der Waals surface area contributed by atoms with Crippen LogP contribution in [-0.2, 0) is 9.53 Å². The first-order chi connectivity index (χ1) is 15.9. The fraction of sp³-hybridized carbons (Fsp3) is 0.478. The zero-order valence-electron chi connectivity index (χ0n) is 18.3. The second kappa shape index (κ2) is 8.77. The molecule has 1 saturated carbocycles. The van der Waals surface area contributed by atoms with Crippen molar-refractivity contribution in [1.82, 2.24) is 4.98 Å². The number of anilines is 1. The van der Waals surface area contributed by atoms with Crippen molar-refractivity contribution in [2.24, 2.45) is 5.92 Å². The van der Waals surface area contributed by atoms with Crippen molar-refractivity contribution in [1.29, 1.82) is 0 Å². The Kier molecular flexibility index (Phi) is 6.28. The highest BCUT2D eigenvalue weighted by Crippen LogP contribution is 2.55. The van der Waals surface area contributed by atoms with Gasteiger partial charge in [0.25, 0.3) is 5.91 Å². The van der Waals surface area contributed by atoms with Gasteiger partial charge >= 0.3 is 6.18 Å². The molecule has 1 aliphatic carbocycles. The van der Waals surface area contributed by atoms with Gasteiger partial charge in [-0.2, -0.15) is 17.6 Å². The summed E-state index contributed by atoms with van der Waals surface area (Å²) in [4.78, 5) is 16.9. The van der Waals surface area contributed by atoms with Crippen LogP contribution in [0.2, 0.25) is 0 Å². The number of aliphatic hydroxyl groups is 1. The molecule has 2 aromatic rings. The Balaban J connectivity index is 1.76. The Morgan fingerprint density at radius 3 is 2.56 bits per heavy atom. The molecule has 0 radical (unpaired) electrons. The molecule has 0 spiro atoms. The third-order valence-electron chi connectivity index (χ3n) is 6.65. The molecular weight excluding hydrogens is 463 g/mol. The Labute approximate surface area is 192 Å². The number of carbonyl (C=O) groups excluding carboxylic acids is 1. The smallest absolute Gasteiger partial charge is 0.417 e. The fourth-order valence-corrected chi connectivity index (χ4v) is 4.40. The third-order valence-corrected chi connectivity index (χ3v) is 6.65. The van der Waals surface area contributed by atoms with E-state index in [4.69, 9.17) is 9.47 Å². The van der Waals surface area contributed by atoms with Gasteiger partial charge in [0.2, 0.25) is 5.82 Å². The van der Waals surface area contributed by atoms with Gasteiger partial charge in [0, 0.05) is 36.4 Å². The highest BCUT2D eigenvalue weighted by atomic mass is 19.4. The maximum atomic E-state index is 14.8. The van der Waals surface area contributed by atoms with E-state index in [1.807, 2.05) is 0 Å². The van der Waals surface area contributed by atoms with E-state index in [0.29, 0.717) is 0 Å². The molecule has 0 unspecified atom stereocenters. The van der Waals surface area contributed by atoms with E-state index in [1.54, 1.807) is 0 Å². The summed E-state index contributed by atoms with van der Waals surface area (Å²) in [6, 6.07) is 4.91. The lowest BCUT2D eigenvalue weighted by molar-refractivity contribution is -0.272. The van der Waals surface area contributed by atoms with Crippen molar-refractivity contribution >= 4 is 11.6 Å². The van der Waals surface area contributed by atoms with Crippen LogP contribution in [0.1, 0.15) is 38.2 Å². The minimum atomic E-state index is -4.86. The number of ether oxygens (including phenoxy) is 2. The first-order valence-corrected chi connectivity index (χ1v) is 10.7. The molecule has 2 fully saturated rings. The predicted octanol–water partition coefficient (Wildman–Crippen LogP) is 4.34. The normalized spacial score (nSPS) is 31.1. The number of pyridine rings is 1. The lowest BCUT2D eigenvalue weighted by atomic mass is 9.76. The van der Waals surface area contributed by atoms with Crippen LogP contribution in [0.4, 0.5) is 27.6 Å². The van der Waals surface area contributed by atoms with Gasteiger partial charge in [0.05, 0.1) is 18.0 Å². The second-order valence-electron chi connectivity index (χ2n) is 8.83. The minimum Gasteiger partial charge on any atom is -0.487 e. The predicted molar refractivity (Wildman–Crippen MR) is 110 cm³/mol. The van der Waals surface area contributed by atoms with Gasteiger partial charge in [0.15, 0.2) is 17.2 Å². The number of aromatic nitrogens is 1. The summed E-state index contributed by atoms with van der Waals surface area (Å²) in [5.74, 6) is -6.79. The Morgan fingerprint density at radius 2 is 1.97 bits per heavy atom. The number of carbonyl (C=O) groups is 1. The van der Waals surface area contributed by atoms with Crippen LogP contribution in [0.5, 0.6) is 5.75 Å². The molecule has 1 aromatic heterocycles. The van der Waals surface area contributed by atoms with Crippen LogP contribution in [0.25, 0.3) is 0 Å². The first kappa shape index (κ1) is 24.3. The fourth-order valence-electron chi connectivity index (χ4n) is 4.40. The van der Waals surface area contributed by atoms with E-state index in [1.165, 1.54) is 31.5 Å². The molecule has 1 aliphatic heterocycles. The van der Waals surface area contributed by atoms with Gasteiger partial charge in [-0.25, -0.2) is 4.39 Å². The van der Waals surface area contributed by atoms with Crippen LogP contribution in [0.15, 0.2) is 36.7 Å². The van der Waals surface area contributed by atoms with Crippen molar-refractivity contribution in [3.8, 4) is 5.75 Å². The van der Waals surface area contributed by atoms with Crippen molar-refractivity contribution in [3.05, 3.63) is 53.9 Å². The van der Waals surface area contributed by atoms with Crippen LogP contribution >= 0.6 is 0 Å². The van der Waals surface area contributed by atoms with E-state index in [0.717, 1.165) is 19.1 Å². The number of halogens is 5. The number of nitrogens with one attached hydrogen (secondary N) is 1. The summed E-state index contributed by atoms with van der Waals surface area (Å²) in [6.07, 6.45) is -4.76. The van der Waals surface area contributed by atoms with E-state index < -0.39 is 65.2 Å². The molecular formula is C23H23F5N2O4. The highest BCUT2D eigenvalue weighted by Gasteiger charge is 2.66. The molecule has 2 N–H and O–H groups in total. The molecule has 2 aliphatic rings. The number of alkyl halides is 3. The van der Waals surface area contributed by atoms with Gasteiger partial charge in [0.1, 0.15) is 12.2 Å². The summed E-state index contributed by atoms with van der Waals surface area (Å²) < 4.78 is 82.0. The van der Waals surface area contributed by atoms with Gasteiger partial charge in [-0.05, 0) is 25.1 Å². The largest absolute Gasteiger partial charge is 0.487 e. The number of benzene rings is 1. The van der Waals surface area contributed by atoms with E-state index in [9.17, 15) is 31.9 Å². The maximum absolute atomic E-state index is 14.8. The number of rotatable bonds is 5. The first-order valence-electron chi connectivity index (χ1n) is 10.7. The highest BCUT2D eigenvalue weighted by molar-refractivity contribution is 5.95. The maximum Gasteiger partial charge on any atom is 0.417 e. The number of hydrogen-bond acceptors (Lipinski definition) is 5. The SMILES string of the molecule is C[C@H]1[C@@H](c2ccc(F)c(F)c2O[C@H]2C[C@@H](O)C2)[C@H](C(=O)Nc2cccnc2)O[C@@]1(C)C(F)(F)F. The summed E-state index contributed by atoms with van der Waals surface area (Å²) in [7, 11) is 0. The van der Waals surface area contributed by atoms with Crippen molar-refractivity contribution in [2.45, 2.75) is 62.7 Å². The minimum absolute atomic E-state index is 0.118. The number of aliphatic hydroxyl groups excluding tert-OH is 1. The molecule has 0 bridgehead atoms. The Morgan fingerprint density at radius 1 is 1.26 bits per heavy atom. The zero-order valence-corrected chi connectivity index (χ0v) is 18.3. The van der Waals surface area contributed by atoms with E-state index >= 15 is 0 Å². The van der Waals surface area contributed by atoms with Gasteiger partial charge in [-0.15, -0.1) is 0 Å². The molecule has 4 rings (SSSR count). The molecule has 34 heavy (non-hydrogen) atoms. The number of nitrogens with zero attached hydrogens (tertiary/aromatic N) is 1. The van der Waals surface area contributed by atoms with E-state index in [-0.39, 0.29) is 24.1 Å². The molecule has 184 valence electrons. The zero-order chi connectivity index (χ0) is 24.8. The van der Waals surface area contributed by atoms with Gasteiger partial charge in [-0.1, -0.05) is 13.0 Å². The monoisotopic (exact) mass is 486 g/mol. The van der Waals surface area contributed by atoms with Crippen LogP contribution in [-0.4, -0.2) is 46.1 Å². The van der Waals surface area contributed by atoms with Crippen LogP contribution in [0, 0.1) is 17.6 Å². The van der Waals surface area contributed by atoms with Gasteiger partial charge < -0.3 is 19.9 Å². The Bertz CT molecular complexity index is 1060. The molecule has 4 atom stereocenters. The van der Waals surface area contributed by atoms with Crippen molar-refractivity contribution in [3.63, 3.8) is 0 Å². The van der Waals surface area contributed by atoms with Crippen LogP contribution < -0.4 is 10.1 Å². The van der Waals surface area contributed by atoms with E-state index in [2.05, 4.69) is 10.3 Å². The molecule has 6 nitrogen and oxygen atoms in total. The molecule has 1 amide bonds. The standard InChI is InChI=1S/C23H23F5N2O4/c1-11-17(15-5-6-16(24)18(25)19(15)33-14-8-13(31)9-14)20(34-22(11,2)23(26,27)28)21(32)30-12-4-3-7-29-10-12/h3-7,10-11,13-14,17,20,31H,8-9H2,1-2H3,(H,30,32)/t11-,13-,14+,17-,20+,22+/m0/s1. The molecule has 11 heteroatoms. The summed E-state index contributed by atoms with van der Waals surface area (Å²) in [5, 5.41) is 12.0.